The first-order chi connectivity index (χ1) is 13.2. The van der Waals surface area contributed by atoms with Crippen LogP contribution < -0.4 is 4.90 Å². The number of piperazine rings is 1. The van der Waals surface area contributed by atoms with Gasteiger partial charge in [-0.3, -0.25) is 4.98 Å². The first-order valence-electron chi connectivity index (χ1n) is 9.85. The third-order valence-electron chi connectivity index (χ3n) is 5.86. The van der Waals surface area contributed by atoms with Gasteiger partial charge in [-0.1, -0.05) is 6.92 Å². The molecule has 6 heteroatoms. The molecule has 3 aromatic heterocycles. The zero-order chi connectivity index (χ0) is 18.4. The summed E-state index contributed by atoms with van der Waals surface area (Å²) in [5, 5.41) is 1.32. The molecule has 1 aliphatic heterocycles. The van der Waals surface area contributed by atoms with Crippen molar-refractivity contribution in [3.8, 4) is 11.4 Å². The van der Waals surface area contributed by atoms with E-state index < -0.39 is 0 Å². The van der Waals surface area contributed by atoms with Gasteiger partial charge in [-0.25, -0.2) is 9.97 Å². The average Bonchev–Trinajstić information content (AvgIpc) is 3.06. The molecule has 0 amide bonds. The Morgan fingerprint density at radius 2 is 2.00 bits per heavy atom. The van der Waals surface area contributed by atoms with Crippen molar-refractivity contribution in [2.45, 2.75) is 26.2 Å². The Morgan fingerprint density at radius 1 is 1.15 bits per heavy atom. The lowest BCUT2D eigenvalue weighted by Gasteiger charge is -2.34. The minimum Gasteiger partial charge on any atom is -0.353 e. The smallest absolute Gasteiger partial charge is 0.164 e. The molecule has 5 rings (SSSR count). The second kappa shape index (κ2) is 6.84. The minimum atomic E-state index is 0.767. The standard InChI is InChI=1S/C21H25N5S/c1-14-5-6-16-17(12-14)27-21-18(16)20(26-10-8-25(2)9-11-26)23-19(24-21)15-4-3-7-22-13-15/h3-4,7,13-14H,5-6,8-12H2,1-2H3. The van der Waals surface area contributed by atoms with Crippen LogP contribution in [-0.4, -0.2) is 53.1 Å². The highest BCUT2D eigenvalue weighted by Gasteiger charge is 2.27. The molecule has 4 heterocycles. The van der Waals surface area contributed by atoms with Gasteiger partial charge in [0.25, 0.3) is 0 Å². The fourth-order valence-corrected chi connectivity index (χ4v) is 5.57. The number of nitrogens with zero attached hydrogens (tertiary/aromatic N) is 5. The van der Waals surface area contributed by atoms with Crippen LogP contribution in [0.4, 0.5) is 5.82 Å². The Kier molecular flexibility index (Phi) is 4.32. The summed E-state index contributed by atoms with van der Waals surface area (Å²) in [7, 11) is 2.20. The fourth-order valence-electron chi connectivity index (χ4n) is 4.19. The van der Waals surface area contributed by atoms with Crippen LogP contribution in [0.1, 0.15) is 23.8 Å². The topological polar surface area (TPSA) is 45.2 Å². The predicted octanol–water partition coefficient (Wildman–Crippen LogP) is 3.63. The van der Waals surface area contributed by atoms with E-state index in [1.54, 1.807) is 6.20 Å². The number of anilines is 1. The lowest BCUT2D eigenvalue weighted by molar-refractivity contribution is 0.312. The maximum atomic E-state index is 5.08. The number of hydrogen-bond acceptors (Lipinski definition) is 6. The molecule has 5 nitrogen and oxygen atoms in total. The van der Waals surface area contributed by atoms with Gasteiger partial charge in [0.1, 0.15) is 10.6 Å². The molecule has 1 saturated heterocycles. The van der Waals surface area contributed by atoms with Gasteiger partial charge in [0.05, 0.1) is 5.39 Å². The monoisotopic (exact) mass is 379 g/mol. The fraction of sp³-hybridized carbons (Fsp3) is 0.476. The number of rotatable bonds is 2. The van der Waals surface area contributed by atoms with Crippen LogP contribution >= 0.6 is 11.3 Å². The summed E-state index contributed by atoms with van der Waals surface area (Å²) in [5.74, 6) is 2.71. The number of aryl methyl sites for hydroxylation is 1. The van der Waals surface area contributed by atoms with Gasteiger partial charge >= 0.3 is 0 Å². The van der Waals surface area contributed by atoms with Crippen LogP contribution in [0.5, 0.6) is 0 Å². The van der Waals surface area contributed by atoms with Crippen molar-refractivity contribution in [3.05, 3.63) is 35.0 Å². The zero-order valence-electron chi connectivity index (χ0n) is 16.0. The van der Waals surface area contributed by atoms with Gasteiger partial charge in [-0.2, -0.15) is 0 Å². The second-order valence-corrected chi connectivity index (χ2v) is 9.02. The number of likely N-dealkylation sites (N-methyl/N-ethyl adjacent to an activating group) is 1. The molecule has 1 fully saturated rings. The Labute approximate surface area is 164 Å². The van der Waals surface area contributed by atoms with Crippen LogP contribution in [-0.2, 0) is 12.8 Å². The van der Waals surface area contributed by atoms with Crippen molar-refractivity contribution in [2.75, 3.05) is 38.1 Å². The van der Waals surface area contributed by atoms with Crippen molar-refractivity contribution in [1.82, 2.24) is 19.9 Å². The predicted molar refractivity (Wildman–Crippen MR) is 112 cm³/mol. The molecule has 27 heavy (non-hydrogen) atoms. The van der Waals surface area contributed by atoms with Crippen molar-refractivity contribution in [1.29, 1.82) is 0 Å². The van der Waals surface area contributed by atoms with E-state index in [1.807, 2.05) is 23.6 Å². The normalized spacial score (nSPS) is 20.8. The van der Waals surface area contributed by atoms with Gasteiger partial charge in [0.15, 0.2) is 5.82 Å². The molecule has 1 atom stereocenters. The summed E-state index contributed by atoms with van der Waals surface area (Å²) in [6.07, 6.45) is 7.28. The molecule has 0 spiro atoms. The van der Waals surface area contributed by atoms with E-state index >= 15 is 0 Å². The van der Waals surface area contributed by atoms with E-state index in [-0.39, 0.29) is 0 Å². The van der Waals surface area contributed by atoms with Crippen molar-refractivity contribution < 1.29 is 0 Å². The molecule has 140 valence electrons. The lowest BCUT2D eigenvalue weighted by Crippen LogP contribution is -2.45. The first kappa shape index (κ1) is 17.1. The second-order valence-electron chi connectivity index (χ2n) is 7.93. The molecular formula is C21H25N5S. The molecule has 0 N–H and O–H groups in total. The number of pyridine rings is 1. The van der Waals surface area contributed by atoms with E-state index in [0.29, 0.717) is 0 Å². The summed E-state index contributed by atoms with van der Waals surface area (Å²) in [4.78, 5) is 21.9. The van der Waals surface area contributed by atoms with Crippen LogP contribution in [0.25, 0.3) is 21.6 Å². The SMILES string of the molecule is CC1CCc2c(sc3nc(-c4cccnc4)nc(N4CCN(C)CC4)c23)C1. The van der Waals surface area contributed by atoms with Crippen molar-refractivity contribution in [3.63, 3.8) is 0 Å². The Balaban J connectivity index is 1.69. The molecule has 3 aromatic rings. The molecule has 1 aliphatic carbocycles. The van der Waals surface area contributed by atoms with E-state index in [2.05, 4.69) is 34.8 Å². The lowest BCUT2D eigenvalue weighted by atomic mass is 9.89. The maximum absolute atomic E-state index is 5.08. The highest BCUT2D eigenvalue weighted by molar-refractivity contribution is 7.19. The number of hydrogen-bond donors (Lipinski definition) is 0. The Hall–Kier alpha value is -2.05. The third-order valence-corrected chi connectivity index (χ3v) is 7.01. The number of thiophene rings is 1. The van der Waals surface area contributed by atoms with Crippen LogP contribution in [0.2, 0.25) is 0 Å². The van der Waals surface area contributed by atoms with E-state index in [0.717, 1.165) is 60.6 Å². The van der Waals surface area contributed by atoms with Gasteiger partial charge in [0.2, 0.25) is 0 Å². The highest BCUT2D eigenvalue weighted by Crippen LogP contribution is 2.42. The van der Waals surface area contributed by atoms with E-state index in [1.165, 1.54) is 28.7 Å². The number of fused-ring (bicyclic) bond motifs is 3. The van der Waals surface area contributed by atoms with Crippen molar-refractivity contribution >= 4 is 27.4 Å². The molecule has 2 aliphatic rings. The van der Waals surface area contributed by atoms with Crippen LogP contribution in [0.3, 0.4) is 0 Å². The molecule has 0 aromatic carbocycles. The van der Waals surface area contributed by atoms with E-state index in [9.17, 15) is 0 Å². The summed E-state index contributed by atoms with van der Waals surface area (Å²) < 4.78 is 0. The zero-order valence-corrected chi connectivity index (χ0v) is 16.8. The minimum absolute atomic E-state index is 0.767. The van der Waals surface area contributed by atoms with Gasteiger partial charge in [-0.05, 0) is 49.9 Å². The Bertz CT molecular complexity index is 960. The summed E-state index contributed by atoms with van der Waals surface area (Å²) in [6, 6.07) is 4.01. The largest absolute Gasteiger partial charge is 0.353 e. The quantitative estimate of drug-likeness (QED) is 0.680. The van der Waals surface area contributed by atoms with Crippen molar-refractivity contribution in [2.24, 2.45) is 5.92 Å². The van der Waals surface area contributed by atoms with Gasteiger partial charge in [0, 0.05) is 49.0 Å². The molecule has 0 bridgehead atoms. The average molecular weight is 380 g/mol. The third kappa shape index (κ3) is 3.11. The highest BCUT2D eigenvalue weighted by atomic mass is 32.1. The van der Waals surface area contributed by atoms with Gasteiger partial charge < -0.3 is 9.80 Å². The molecule has 1 unspecified atom stereocenters. The maximum Gasteiger partial charge on any atom is 0.164 e. The first-order valence-corrected chi connectivity index (χ1v) is 10.7. The Morgan fingerprint density at radius 3 is 2.78 bits per heavy atom. The van der Waals surface area contributed by atoms with Crippen LogP contribution in [0, 0.1) is 5.92 Å². The summed E-state index contributed by atoms with van der Waals surface area (Å²) in [5.41, 5.74) is 2.51. The summed E-state index contributed by atoms with van der Waals surface area (Å²) >= 11 is 1.88. The van der Waals surface area contributed by atoms with Gasteiger partial charge in [-0.15, -0.1) is 11.3 Å². The molecule has 0 radical (unpaired) electrons. The van der Waals surface area contributed by atoms with Crippen LogP contribution in [0.15, 0.2) is 24.5 Å². The number of aromatic nitrogens is 3. The summed E-state index contributed by atoms with van der Waals surface area (Å²) in [6.45, 7) is 6.57. The molecule has 0 saturated carbocycles. The molecular weight excluding hydrogens is 354 g/mol. The van der Waals surface area contributed by atoms with E-state index in [4.69, 9.17) is 9.97 Å².